The molecule has 1 aliphatic rings. The van der Waals surface area contributed by atoms with Gasteiger partial charge in [0.05, 0.1) is 5.69 Å². The van der Waals surface area contributed by atoms with Crippen LogP contribution in [0.4, 0.5) is 0 Å². The molecule has 2 rings (SSSR count). The van der Waals surface area contributed by atoms with Gasteiger partial charge in [0.25, 0.3) is 5.56 Å². The summed E-state index contributed by atoms with van der Waals surface area (Å²) in [4.78, 5) is 24.4. The van der Waals surface area contributed by atoms with Crippen LogP contribution in [0, 0.1) is 5.92 Å². The molecule has 0 radical (unpaired) electrons. The first kappa shape index (κ1) is 18.7. The number of hydrogen-bond donors (Lipinski definition) is 1. The quantitative estimate of drug-likeness (QED) is 0.780. The van der Waals surface area contributed by atoms with Gasteiger partial charge in [-0.2, -0.15) is 5.10 Å². The van der Waals surface area contributed by atoms with E-state index in [2.05, 4.69) is 24.3 Å². The van der Waals surface area contributed by atoms with Crippen molar-refractivity contribution in [3.05, 3.63) is 27.7 Å². The molecule has 1 aromatic heterocycles. The molecule has 0 aromatic carbocycles. The Morgan fingerprint density at radius 2 is 1.96 bits per heavy atom. The molecule has 0 spiro atoms. The average molecular weight is 333 g/mol. The van der Waals surface area contributed by atoms with Crippen molar-refractivity contribution in [2.45, 2.75) is 84.7 Å². The highest BCUT2D eigenvalue weighted by Crippen LogP contribution is 2.16. The zero-order chi connectivity index (χ0) is 17.5. The summed E-state index contributed by atoms with van der Waals surface area (Å²) in [6, 6.07) is 1.81. The lowest BCUT2D eigenvalue weighted by molar-refractivity contribution is -0.122. The van der Waals surface area contributed by atoms with E-state index in [0.29, 0.717) is 5.92 Å². The smallest absolute Gasteiger partial charge is 0.267 e. The van der Waals surface area contributed by atoms with E-state index in [-0.39, 0.29) is 24.1 Å². The Morgan fingerprint density at radius 3 is 2.71 bits per heavy atom. The highest BCUT2D eigenvalue weighted by Gasteiger charge is 2.14. The number of rotatable bonds is 7. The van der Waals surface area contributed by atoms with Crippen LogP contribution >= 0.6 is 0 Å². The molecule has 0 bridgehead atoms. The van der Waals surface area contributed by atoms with E-state index in [1.807, 2.05) is 6.92 Å². The predicted molar refractivity (Wildman–Crippen MR) is 96.0 cm³/mol. The largest absolute Gasteiger partial charge is 0.352 e. The molecule has 134 valence electrons. The summed E-state index contributed by atoms with van der Waals surface area (Å²) in [6.07, 6.45) is 8.49. The Morgan fingerprint density at radius 1 is 1.21 bits per heavy atom. The number of hydrogen-bond acceptors (Lipinski definition) is 3. The first-order chi connectivity index (χ1) is 11.5. The number of nitrogens with zero attached hydrogens (tertiary/aromatic N) is 2. The van der Waals surface area contributed by atoms with Gasteiger partial charge in [-0.3, -0.25) is 9.59 Å². The van der Waals surface area contributed by atoms with Crippen LogP contribution in [0.15, 0.2) is 10.9 Å². The number of aryl methyl sites for hydroxylation is 2. The van der Waals surface area contributed by atoms with E-state index >= 15 is 0 Å². The van der Waals surface area contributed by atoms with E-state index in [1.165, 1.54) is 17.5 Å². The summed E-state index contributed by atoms with van der Waals surface area (Å²) in [5, 5.41) is 7.43. The summed E-state index contributed by atoms with van der Waals surface area (Å²) in [6.45, 7) is 6.45. The van der Waals surface area contributed by atoms with E-state index < -0.39 is 0 Å². The monoisotopic (exact) mass is 333 g/mol. The molecule has 1 atom stereocenters. The van der Waals surface area contributed by atoms with Crippen LogP contribution in [0.3, 0.4) is 0 Å². The van der Waals surface area contributed by atoms with Crippen LogP contribution in [0.25, 0.3) is 0 Å². The first-order valence-corrected chi connectivity index (χ1v) is 9.35. The second-order valence-corrected chi connectivity index (χ2v) is 7.47. The van der Waals surface area contributed by atoms with Gasteiger partial charge in [0.2, 0.25) is 5.91 Å². The standard InChI is InChI=1S/C19H31N3O2/c1-14(2)8-7-9-15(3)20-18(23)13-22-19(24)12-16-10-5-4-6-11-17(16)21-22/h12,14-15H,4-11,13H2,1-3H3,(H,20,23). The maximum absolute atomic E-state index is 12.2. The molecule has 0 aliphatic heterocycles. The maximum Gasteiger partial charge on any atom is 0.267 e. The molecule has 0 saturated heterocycles. The summed E-state index contributed by atoms with van der Waals surface area (Å²) in [7, 11) is 0. The lowest BCUT2D eigenvalue weighted by Crippen LogP contribution is -2.38. The topological polar surface area (TPSA) is 64.0 Å². The Labute approximate surface area is 144 Å². The van der Waals surface area contributed by atoms with Crippen molar-refractivity contribution in [1.82, 2.24) is 15.1 Å². The summed E-state index contributed by atoms with van der Waals surface area (Å²) >= 11 is 0. The number of aromatic nitrogens is 2. The fraction of sp³-hybridized carbons (Fsp3) is 0.737. The summed E-state index contributed by atoms with van der Waals surface area (Å²) < 4.78 is 1.32. The number of carbonyl (C=O) groups excluding carboxylic acids is 1. The fourth-order valence-corrected chi connectivity index (χ4v) is 3.25. The third kappa shape index (κ3) is 5.77. The van der Waals surface area contributed by atoms with Crippen LogP contribution in [0.2, 0.25) is 0 Å². The zero-order valence-corrected chi connectivity index (χ0v) is 15.3. The number of carbonyl (C=O) groups is 1. The van der Waals surface area contributed by atoms with Crippen LogP contribution in [0.5, 0.6) is 0 Å². The predicted octanol–water partition coefficient (Wildman–Crippen LogP) is 2.84. The zero-order valence-electron chi connectivity index (χ0n) is 15.3. The van der Waals surface area contributed by atoms with Crippen molar-refractivity contribution < 1.29 is 4.79 Å². The van der Waals surface area contributed by atoms with Gasteiger partial charge in [0.15, 0.2) is 0 Å². The number of nitrogens with one attached hydrogen (secondary N) is 1. The van der Waals surface area contributed by atoms with E-state index in [9.17, 15) is 9.59 Å². The van der Waals surface area contributed by atoms with Crippen molar-refractivity contribution in [3.8, 4) is 0 Å². The van der Waals surface area contributed by atoms with Crippen molar-refractivity contribution in [2.75, 3.05) is 0 Å². The van der Waals surface area contributed by atoms with E-state index in [0.717, 1.165) is 49.8 Å². The molecule has 1 heterocycles. The van der Waals surface area contributed by atoms with Gasteiger partial charge in [-0.15, -0.1) is 0 Å². The Kier molecular flexibility index (Phi) is 7.00. The minimum Gasteiger partial charge on any atom is -0.352 e. The fourth-order valence-electron chi connectivity index (χ4n) is 3.25. The van der Waals surface area contributed by atoms with Crippen molar-refractivity contribution in [1.29, 1.82) is 0 Å². The minimum absolute atomic E-state index is 0.0145. The molecule has 1 N–H and O–H groups in total. The second-order valence-electron chi connectivity index (χ2n) is 7.47. The molecule has 0 fully saturated rings. The second kappa shape index (κ2) is 9.00. The van der Waals surface area contributed by atoms with Gasteiger partial charge in [-0.25, -0.2) is 4.68 Å². The number of fused-ring (bicyclic) bond motifs is 1. The Balaban J connectivity index is 1.91. The van der Waals surface area contributed by atoms with Crippen LogP contribution in [-0.4, -0.2) is 21.7 Å². The minimum atomic E-state index is -0.168. The maximum atomic E-state index is 12.2. The summed E-state index contributed by atoms with van der Waals surface area (Å²) in [5.74, 6) is 0.561. The van der Waals surface area contributed by atoms with Gasteiger partial charge in [-0.1, -0.05) is 33.1 Å². The molecule has 1 amide bonds. The highest BCUT2D eigenvalue weighted by molar-refractivity contribution is 5.75. The summed E-state index contributed by atoms with van der Waals surface area (Å²) in [5.41, 5.74) is 1.89. The average Bonchev–Trinajstić information content (AvgIpc) is 2.72. The first-order valence-electron chi connectivity index (χ1n) is 9.35. The third-order valence-electron chi connectivity index (χ3n) is 4.64. The number of amides is 1. The lowest BCUT2D eigenvalue weighted by atomic mass is 10.0. The highest BCUT2D eigenvalue weighted by atomic mass is 16.2. The normalized spacial score (nSPS) is 15.7. The van der Waals surface area contributed by atoms with Crippen molar-refractivity contribution >= 4 is 5.91 Å². The molecular formula is C19H31N3O2. The van der Waals surface area contributed by atoms with Gasteiger partial charge < -0.3 is 5.32 Å². The van der Waals surface area contributed by atoms with Crippen molar-refractivity contribution in [2.24, 2.45) is 5.92 Å². The molecule has 1 aliphatic carbocycles. The molecule has 0 saturated carbocycles. The lowest BCUT2D eigenvalue weighted by Gasteiger charge is -2.15. The van der Waals surface area contributed by atoms with Gasteiger partial charge in [0, 0.05) is 12.1 Å². The molecule has 1 aromatic rings. The van der Waals surface area contributed by atoms with Gasteiger partial charge in [-0.05, 0) is 50.5 Å². The van der Waals surface area contributed by atoms with Crippen molar-refractivity contribution in [3.63, 3.8) is 0 Å². The van der Waals surface area contributed by atoms with Crippen LogP contribution in [0.1, 0.15) is 70.6 Å². The third-order valence-corrected chi connectivity index (χ3v) is 4.64. The molecule has 5 heteroatoms. The SMILES string of the molecule is CC(C)CCCC(C)NC(=O)Cn1nc2c(cc1=O)CCCCC2. The van der Waals surface area contributed by atoms with Gasteiger partial charge >= 0.3 is 0 Å². The van der Waals surface area contributed by atoms with Crippen LogP contribution in [-0.2, 0) is 24.2 Å². The van der Waals surface area contributed by atoms with E-state index in [1.54, 1.807) is 6.07 Å². The molecule has 1 unspecified atom stereocenters. The Bertz CT molecular complexity index is 607. The van der Waals surface area contributed by atoms with E-state index in [4.69, 9.17) is 0 Å². The molecule has 5 nitrogen and oxygen atoms in total. The van der Waals surface area contributed by atoms with Gasteiger partial charge in [0.1, 0.15) is 6.54 Å². The molecule has 24 heavy (non-hydrogen) atoms. The Hall–Kier alpha value is -1.65. The molecular weight excluding hydrogens is 302 g/mol. The van der Waals surface area contributed by atoms with Crippen LogP contribution < -0.4 is 10.9 Å².